The molecule has 5 nitrogen and oxygen atoms in total. The topological polar surface area (TPSA) is 47.7 Å². The first kappa shape index (κ1) is 11.6. The van der Waals surface area contributed by atoms with Crippen LogP contribution in [0.1, 0.15) is 19.0 Å². The van der Waals surface area contributed by atoms with Crippen LogP contribution in [0, 0.1) is 0 Å². The van der Waals surface area contributed by atoms with Crippen molar-refractivity contribution >= 4 is 5.82 Å². The summed E-state index contributed by atoms with van der Waals surface area (Å²) in [6.45, 7) is 0.711. The van der Waals surface area contributed by atoms with Crippen LogP contribution in [0.4, 0.5) is 14.6 Å². The van der Waals surface area contributed by atoms with Crippen molar-refractivity contribution in [3.63, 3.8) is 0 Å². The molecule has 2 heterocycles. The summed E-state index contributed by atoms with van der Waals surface area (Å²) >= 11 is 0. The molecule has 0 bridgehead atoms. The van der Waals surface area contributed by atoms with E-state index in [-0.39, 0.29) is 0 Å². The summed E-state index contributed by atoms with van der Waals surface area (Å²) in [6, 6.07) is 1.51. The molecule has 0 unspecified atom stereocenters. The molecule has 0 aliphatic rings. The summed E-state index contributed by atoms with van der Waals surface area (Å²) in [5.74, 6) is 0.426. The SMILES string of the molecule is CCn1cc(CNc2ccn(C(F)F)n2)cn1. The molecule has 0 saturated heterocycles. The summed E-state index contributed by atoms with van der Waals surface area (Å²) in [5.41, 5.74) is 0.985. The van der Waals surface area contributed by atoms with E-state index in [1.807, 2.05) is 13.1 Å². The minimum Gasteiger partial charge on any atom is -0.364 e. The van der Waals surface area contributed by atoms with Gasteiger partial charge in [0.05, 0.1) is 6.20 Å². The molecule has 0 aliphatic carbocycles. The first-order valence-electron chi connectivity index (χ1n) is 5.27. The number of alkyl halides is 2. The fourth-order valence-electron chi connectivity index (χ4n) is 1.40. The molecule has 0 amide bonds. The van der Waals surface area contributed by atoms with Crippen LogP contribution < -0.4 is 5.32 Å². The molecular weight excluding hydrogens is 228 g/mol. The average molecular weight is 241 g/mol. The molecule has 17 heavy (non-hydrogen) atoms. The van der Waals surface area contributed by atoms with Gasteiger partial charge in [-0.25, -0.2) is 4.68 Å². The maximum atomic E-state index is 12.3. The first-order chi connectivity index (χ1) is 8.19. The number of rotatable bonds is 5. The fourth-order valence-corrected chi connectivity index (χ4v) is 1.40. The average Bonchev–Trinajstić information content (AvgIpc) is 2.95. The fraction of sp³-hybridized carbons (Fsp3) is 0.400. The van der Waals surface area contributed by atoms with Crippen molar-refractivity contribution in [2.75, 3.05) is 5.32 Å². The first-order valence-corrected chi connectivity index (χ1v) is 5.27. The Morgan fingerprint density at radius 2 is 2.29 bits per heavy atom. The zero-order chi connectivity index (χ0) is 12.3. The molecule has 0 radical (unpaired) electrons. The lowest BCUT2D eigenvalue weighted by molar-refractivity contribution is 0.0569. The van der Waals surface area contributed by atoms with Gasteiger partial charge in [-0.3, -0.25) is 4.68 Å². The molecule has 2 aromatic heterocycles. The Labute approximate surface area is 97.0 Å². The third kappa shape index (κ3) is 2.80. The standard InChI is InChI=1S/C10H13F2N5/c1-2-16-7-8(6-14-16)5-13-9-3-4-17(15-9)10(11)12/h3-4,6-7,10H,2,5H2,1H3,(H,13,15). The second-order valence-corrected chi connectivity index (χ2v) is 3.52. The Balaban J connectivity index is 1.92. The van der Waals surface area contributed by atoms with Crippen LogP contribution in [0.3, 0.4) is 0 Å². The van der Waals surface area contributed by atoms with Gasteiger partial charge in [0.25, 0.3) is 0 Å². The highest BCUT2D eigenvalue weighted by atomic mass is 19.3. The number of aryl methyl sites for hydroxylation is 1. The molecule has 92 valence electrons. The highest BCUT2D eigenvalue weighted by Gasteiger charge is 2.07. The Kier molecular flexibility index (Phi) is 3.36. The Bertz CT molecular complexity index is 477. The van der Waals surface area contributed by atoms with Gasteiger partial charge in [-0.15, -0.1) is 0 Å². The second kappa shape index (κ2) is 4.94. The van der Waals surface area contributed by atoms with E-state index < -0.39 is 6.55 Å². The van der Waals surface area contributed by atoms with Crippen LogP contribution in [-0.4, -0.2) is 19.6 Å². The van der Waals surface area contributed by atoms with Gasteiger partial charge < -0.3 is 5.32 Å². The maximum absolute atomic E-state index is 12.3. The summed E-state index contributed by atoms with van der Waals surface area (Å²) in [5, 5.41) is 10.7. The molecule has 0 atom stereocenters. The quantitative estimate of drug-likeness (QED) is 0.872. The van der Waals surface area contributed by atoms with Crippen molar-refractivity contribution in [3.8, 4) is 0 Å². The third-order valence-electron chi connectivity index (χ3n) is 2.29. The van der Waals surface area contributed by atoms with Gasteiger partial charge in [-0.05, 0) is 6.92 Å². The van der Waals surface area contributed by atoms with Gasteiger partial charge in [0.15, 0.2) is 0 Å². The Morgan fingerprint density at radius 1 is 1.47 bits per heavy atom. The highest BCUT2D eigenvalue weighted by Crippen LogP contribution is 2.12. The zero-order valence-corrected chi connectivity index (χ0v) is 9.35. The molecule has 2 rings (SSSR count). The third-order valence-corrected chi connectivity index (χ3v) is 2.29. The normalized spacial score (nSPS) is 11.1. The van der Waals surface area contributed by atoms with Gasteiger partial charge in [0.2, 0.25) is 0 Å². The lowest BCUT2D eigenvalue weighted by Gasteiger charge is -2.00. The monoisotopic (exact) mass is 241 g/mol. The molecule has 2 aromatic rings. The van der Waals surface area contributed by atoms with E-state index >= 15 is 0 Å². The lowest BCUT2D eigenvalue weighted by atomic mass is 10.3. The van der Waals surface area contributed by atoms with Gasteiger partial charge in [0, 0.05) is 37.1 Å². The van der Waals surface area contributed by atoms with Crippen molar-refractivity contribution in [1.82, 2.24) is 19.6 Å². The van der Waals surface area contributed by atoms with E-state index in [2.05, 4.69) is 15.5 Å². The van der Waals surface area contributed by atoms with Crippen LogP contribution in [-0.2, 0) is 13.1 Å². The van der Waals surface area contributed by atoms with Crippen molar-refractivity contribution in [3.05, 3.63) is 30.2 Å². The lowest BCUT2D eigenvalue weighted by Crippen LogP contribution is -2.02. The van der Waals surface area contributed by atoms with E-state index in [9.17, 15) is 8.78 Å². The summed E-state index contributed by atoms with van der Waals surface area (Å²) in [6.07, 6.45) is 4.88. The molecule has 0 spiro atoms. The van der Waals surface area contributed by atoms with Crippen molar-refractivity contribution < 1.29 is 8.78 Å². The van der Waals surface area contributed by atoms with Crippen molar-refractivity contribution in [2.45, 2.75) is 26.6 Å². The van der Waals surface area contributed by atoms with Gasteiger partial charge >= 0.3 is 6.55 Å². The molecular formula is C10H13F2N5. The molecule has 1 N–H and O–H groups in total. The number of anilines is 1. The van der Waals surface area contributed by atoms with E-state index in [4.69, 9.17) is 0 Å². The minimum atomic E-state index is -2.60. The zero-order valence-electron chi connectivity index (χ0n) is 9.35. The highest BCUT2D eigenvalue weighted by molar-refractivity contribution is 5.33. The van der Waals surface area contributed by atoms with Gasteiger partial charge in [-0.2, -0.15) is 19.0 Å². The number of aromatic nitrogens is 4. The summed E-state index contributed by atoms with van der Waals surface area (Å²) in [7, 11) is 0. The second-order valence-electron chi connectivity index (χ2n) is 3.52. The van der Waals surface area contributed by atoms with E-state index in [1.165, 1.54) is 12.3 Å². The molecule has 0 saturated carbocycles. The van der Waals surface area contributed by atoms with E-state index in [1.54, 1.807) is 10.9 Å². The Hall–Kier alpha value is -1.92. The smallest absolute Gasteiger partial charge is 0.333 e. The summed E-state index contributed by atoms with van der Waals surface area (Å²) < 4.78 is 26.9. The minimum absolute atomic E-state index is 0.426. The predicted molar refractivity (Wildman–Crippen MR) is 58.7 cm³/mol. The number of hydrogen-bond donors (Lipinski definition) is 1. The van der Waals surface area contributed by atoms with Crippen LogP contribution in [0.15, 0.2) is 24.7 Å². The van der Waals surface area contributed by atoms with Gasteiger partial charge in [0.1, 0.15) is 5.82 Å². The number of nitrogens with zero attached hydrogens (tertiary/aromatic N) is 4. The predicted octanol–water partition coefficient (Wildman–Crippen LogP) is 2.11. The molecule has 0 fully saturated rings. The number of halogens is 2. The van der Waals surface area contributed by atoms with Crippen molar-refractivity contribution in [2.24, 2.45) is 0 Å². The molecule has 0 aliphatic heterocycles. The van der Waals surface area contributed by atoms with Crippen molar-refractivity contribution in [1.29, 1.82) is 0 Å². The van der Waals surface area contributed by atoms with Gasteiger partial charge in [-0.1, -0.05) is 0 Å². The van der Waals surface area contributed by atoms with Crippen LogP contribution >= 0.6 is 0 Å². The number of nitrogens with one attached hydrogen (secondary N) is 1. The van der Waals surface area contributed by atoms with E-state index in [0.717, 1.165) is 12.1 Å². The number of hydrogen-bond acceptors (Lipinski definition) is 3. The maximum Gasteiger partial charge on any atom is 0.333 e. The van der Waals surface area contributed by atoms with Crippen LogP contribution in [0.25, 0.3) is 0 Å². The summed E-state index contributed by atoms with van der Waals surface area (Å²) in [4.78, 5) is 0. The van der Waals surface area contributed by atoms with Crippen LogP contribution in [0.5, 0.6) is 0 Å². The largest absolute Gasteiger partial charge is 0.364 e. The van der Waals surface area contributed by atoms with E-state index in [0.29, 0.717) is 17.0 Å². The molecule has 0 aromatic carbocycles. The van der Waals surface area contributed by atoms with Crippen LogP contribution in [0.2, 0.25) is 0 Å². The molecule has 7 heteroatoms. The Morgan fingerprint density at radius 3 is 2.88 bits per heavy atom.